The fraction of sp³-hybridized carbons (Fsp3) is 0.476. The molecule has 2 saturated heterocycles. The van der Waals surface area contributed by atoms with Crippen LogP contribution in [0.5, 0.6) is 0 Å². The third kappa shape index (κ3) is 8.01. The molecule has 58 heavy (non-hydrogen) atoms. The first-order chi connectivity index (χ1) is 27.7. The Morgan fingerprint density at radius 1 is 0.810 bits per heavy atom. The van der Waals surface area contributed by atoms with Crippen LogP contribution in [0.1, 0.15) is 81.9 Å². The van der Waals surface area contributed by atoms with Gasteiger partial charge in [0.05, 0.1) is 50.4 Å². The molecule has 3 aliphatic rings. The maximum atomic E-state index is 14.8. The maximum absolute atomic E-state index is 14.8. The number of nitrogens with one attached hydrogen (secondary N) is 4. The lowest BCUT2D eigenvalue weighted by atomic mass is 9.89. The Morgan fingerprint density at radius 3 is 2.07 bits per heavy atom. The van der Waals surface area contributed by atoms with Gasteiger partial charge >= 0.3 is 12.2 Å². The van der Waals surface area contributed by atoms with Crippen molar-refractivity contribution in [2.75, 3.05) is 27.3 Å². The number of aryl methyl sites for hydroxylation is 2. The lowest BCUT2D eigenvalue weighted by molar-refractivity contribution is -0.137. The van der Waals surface area contributed by atoms with Crippen molar-refractivity contribution in [1.82, 2.24) is 40.4 Å². The largest absolute Gasteiger partial charge is 0.453 e. The number of aromatic nitrogens is 4. The maximum Gasteiger partial charge on any atom is 0.407 e. The van der Waals surface area contributed by atoms with Crippen LogP contribution in [0, 0.1) is 11.8 Å². The summed E-state index contributed by atoms with van der Waals surface area (Å²) < 4.78 is 39.1. The number of H-pyrrole nitrogens is 2. The standard InChI is InChI=1S/C42H50F2N8O6/c1-22(2)33(49-40(55)57-5)38(53)51-17-7-8-31(51)37-46-29-16-14-27-18-26(13-15-28(27)35(29)48-37)24-9-11-25(12-10-24)30-20-45-36(47-30)32-19-42(43,44)21-52(32)39(54)34(23(3)4)50-41(56)58-6/h9-13,15,18,20,22-23,31-34H,7-8,14,16-17,19,21H2,1-6H3,(H,45,47)(H,46,48)(H,49,55)(H,50,56)/t31-,32-,33-,34-/m0/s1. The number of hydrogen-bond acceptors (Lipinski definition) is 8. The van der Waals surface area contributed by atoms with Gasteiger partial charge in [0.15, 0.2) is 0 Å². The van der Waals surface area contributed by atoms with Crippen molar-refractivity contribution in [1.29, 1.82) is 0 Å². The summed E-state index contributed by atoms with van der Waals surface area (Å²) in [6.45, 7) is 7.03. The van der Waals surface area contributed by atoms with E-state index in [0.29, 0.717) is 12.2 Å². The molecule has 2 aliphatic heterocycles. The summed E-state index contributed by atoms with van der Waals surface area (Å²) in [4.78, 5) is 70.3. The zero-order valence-electron chi connectivity index (χ0n) is 33.5. The first-order valence-corrected chi connectivity index (χ1v) is 19.7. The van der Waals surface area contributed by atoms with Crippen LogP contribution in [0.3, 0.4) is 0 Å². The number of carbonyl (C=O) groups is 4. The smallest absolute Gasteiger partial charge is 0.407 e. The lowest BCUT2D eigenvalue weighted by Crippen LogP contribution is -2.51. The number of amides is 4. The van der Waals surface area contributed by atoms with E-state index in [2.05, 4.69) is 48.5 Å². The number of halogens is 2. The number of alkyl halides is 2. The van der Waals surface area contributed by atoms with E-state index in [1.807, 2.05) is 43.0 Å². The molecular formula is C42H50F2N8O6. The number of likely N-dealkylation sites (tertiary alicyclic amines) is 2. The number of ether oxygens (including phenoxy) is 2. The van der Waals surface area contributed by atoms with E-state index in [-0.39, 0.29) is 29.6 Å². The Bertz CT molecular complexity index is 2180. The molecule has 2 fully saturated rings. The number of fused-ring (bicyclic) bond motifs is 3. The summed E-state index contributed by atoms with van der Waals surface area (Å²) in [5.41, 5.74) is 7.57. The summed E-state index contributed by atoms with van der Waals surface area (Å²) >= 11 is 0. The van der Waals surface area contributed by atoms with Crippen LogP contribution in [-0.2, 0) is 31.9 Å². The van der Waals surface area contributed by atoms with E-state index < -0.39 is 55.1 Å². The fourth-order valence-corrected chi connectivity index (χ4v) is 8.32. The predicted molar refractivity (Wildman–Crippen MR) is 210 cm³/mol. The van der Waals surface area contributed by atoms with E-state index in [4.69, 9.17) is 9.72 Å². The average Bonchev–Trinajstić information content (AvgIpc) is 4.03. The monoisotopic (exact) mass is 800 g/mol. The molecule has 0 bridgehead atoms. The van der Waals surface area contributed by atoms with E-state index in [9.17, 15) is 28.0 Å². The Kier molecular flexibility index (Phi) is 11.3. The highest BCUT2D eigenvalue weighted by Gasteiger charge is 2.50. The quantitative estimate of drug-likeness (QED) is 0.139. The molecule has 4 heterocycles. The second kappa shape index (κ2) is 16.2. The normalized spacial score (nSPS) is 19.4. The molecule has 2 aromatic heterocycles. The second-order valence-electron chi connectivity index (χ2n) is 16.0. The van der Waals surface area contributed by atoms with Crippen molar-refractivity contribution < 1.29 is 37.4 Å². The Morgan fingerprint density at radius 2 is 1.43 bits per heavy atom. The summed E-state index contributed by atoms with van der Waals surface area (Å²) in [6, 6.07) is 11.2. The topological polar surface area (TPSA) is 175 Å². The van der Waals surface area contributed by atoms with Gasteiger partial charge < -0.3 is 39.9 Å². The fourth-order valence-electron chi connectivity index (χ4n) is 8.32. The molecule has 4 N–H and O–H groups in total. The molecule has 4 atom stereocenters. The van der Waals surface area contributed by atoms with Gasteiger partial charge in [-0.2, -0.15) is 0 Å². The first kappa shape index (κ1) is 40.4. The van der Waals surface area contributed by atoms with Gasteiger partial charge in [-0.05, 0) is 59.8 Å². The minimum atomic E-state index is -3.13. The summed E-state index contributed by atoms with van der Waals surface area (Å²) in [5, 5.41) is 5.19. The number of methoxy groups -OCH3 is 2. The summed E-state index contributed by atoms with van der Waals surface area (Å²) in [5.74, 6) is -3.40. The average molecular weight is 801 g/mol. The highest BCUT2D eigenvalue weighted by molar-refractivity contribution is 5.87. The first-order valence-electron chi connectivity index (χ1n) is 19.7. The van der Waals surface area contributed by atoms with Crippen molar-refractivity contribution in [2.24, 2.45) is 11.8 Å². The van der Waals surface area contributed by atoms with Crippen LogP contribution >= 0.6 is 0 Å². The van der Waals surface area contributed by atoms with Gasteiger partial charge in [0.2, 0.25) is 11.8 Å². The number of aromatic amines is 2. The summed E-state index contributed by atoms with van der Waals surface area (Å²) in [6.07, 6.45) is 2.72. The van der Waals surface area contributed by atoms with Gasteiger partial charge in [-0.25, -0.2) is 28.3 Å². The highest BCUT2D eigenvalue weighted by atomic mass is 19.3. The zero-order chi connectivity index (χ0) is 41.5. The van der Waals surface area contributed by atoms with Gasteiger partial charge in [0.1, 0.15) is 23.7 Å². The Balaban J connectivity index is 1.06. The summed E-state index contributed by atoms with van der Waals surface area (Å²) in [7, 11) is 2.46. The van der Waals surface area contributed by atoms with E-state index in [1.54, 1.807) is 20.0 Å². The molecule has 4 aromatic rings. The molecular weight excluding hydrogens is 751 g/mol. The van der Waals surface area contributed by atoms with Gasteiger partial charge in [0, 0.05) is 24.2 Å². The molecule has 0 unspecified atom stereocenters. The molecule has 14 nitrogen and oxygen atoms in total. The SMILES string of the molecule is COC(=O)N[C@H](C(=O)N1CC(F)(F)C[C@H]1c1ncc(-c2ccc(-c3ccc4c(c3)CCc3[nH]c([C@@H]5CCCN5C(=O)[C@@H](NC(=O)OC)C(C)C)nc3-4)cc2)[nH]1)C(C)C. The molecule has 1 aliphatic carbocycles. The van der Waals surface area contributed by atoms with Crippen molar-refractivity contribution >= 4 is 24.0 Å². The second-order valence-corrected chi connectivity index (χ2v) is 16.0. The minimum absolute atomic E-state index is 0.124. The number of nitrogens with zero attached hydrogens (tertiary/aromatic N) is 4. The van der Waals surface area contributed by atoms with Crippen molar-refractivity contribution in [2.45, 2.75) is 89.9 Å². The van der Waals surface area contributed by atoms with Crippen LogP contribution in [0.4, 0.5) is 18.4 Å². The van der Waals surface area contributed by atoms with Crippen molar-refractivity contribution in [3.63, 3.8) is 0 Å². The van der Waals surface area contributed by atoms with E-state index >= 15 is 0 Å². The zero-order valence-corrected chi connectivity index (χ0v) is 33.5. The minimum Gasteiger partial charge on any atom is -0.453 e. The number of alkyl carbamates (subject to hydrolysis) is 2. The lowest BCUT2D eigenvalue weighted by Gasteiger charge is -2.30. The van der Waals surface area contributed by atoms with Crippen molar-refractivity contribution in [3.8, 4) is 33.6 Å². The van der Waals surface area contributed by atoms with Crippen LogP contribution in [-0.4, -0.2) is 99.1 Å². The molecule has 16 heteroatoms. The van der Waals surface area contributed by atoms with Crippen molar-refractivity contribution in [3.05, 3.63) is 71.6 Å². The highest BCUT2D eigenvalue weighted by Crippen LogP contribution is 2.42. The third-order valence-electron chi connectivity index (χ3n) is 11.4. The number of rotatable bonds is 10. The predicted octanol–water partition coefficient (Wildman–Crippen LogP) is 6.57. The Hall–Kier alpha value is -5.80. The van der Waals surface area contributed by atoms with Gasteiger partial charge in [0.25, 0.3) is 5.92 Å². The molecule has 4 amide bonds. The molecule has 0 spiro atoms. The molecule has 0 radical (unpaired) electrons. The number of benzene rings is 2. The Labute approximate surface area is 335 Å². The van der Waals surface area contributed by atoms with E-state index in [1.165, 1.54) is 19.8 Å². The van der Waals surface area contributed by atoms with Gasteiger partial charge in [-0.15, -0.1) is 0 Å². The van der Waals surface area contributed by atoms with Crippen LogP contribution in [0.15, 0.2) is 48.7 Å². The molecule has 7 rings (SSSR count). The van der Waals surface area contributed by atoms with Crippen LogP contribution < -0.4 is 10.6 Å². The van der Waals surface area contributed by atoms with Crippen LogP contribution in [0.25, 0.3) is 33.6 Å². The number of imidazole rings is 2. The van der Waals surface area contributed by atoms with Gasteiger partial charge in [-0.1, -0.05) is 70.2 Å². The molecule has 308 valence electrons. The van der Waals surface area contributed by atoms with Gasteiger partial charge in [-0.3, -0.25) is 9.59 Å². The molecule has 0 saturated carbocycles. The number of hydrogen-bond donors (Lipinski definition) is 4. The van der Waals surface area contributed by atoms with E-state index in [0.717, 1.165) is 70.0 Å². The van der Waals surface area contributed by atoms with Crippen LogP contribution in [0.2, 0.25) is 0 Å². The molecule has 2 aromatic carbocycles. The number of carbonyl (C=O) groups excluding carboxylic acids is 4. The third-order valence-corrected chi connectivity index (χ3v) is 11.4.